The van der Waals surface area contributed by atoms with Gasteiger partial charge < -0.3 is 20.3 Å². The van der Waals surface area contributed by atoms with Gasteiger partial charge in [-0.05, 0) is 36.4 Å². The fraction of sp³-hybridized carbons (Fsp3) is 0.167. The summed E-state index contributed by atoms with van der Waals surface area (Å²) in [4.78, 5) is 10.6. The predicted molar refractivity (Wildman–Crippen MR) is 122 cm³/mol. The molecule has 4 rings (SSSR count). The smallest absolute Gasteiger partial charge is 0.225 e. The van der Waals surface area contributed by atoms with Crippen LogP contribution < -0.4 is 15.0 Å². The van der Waals surface area contributed by atoms with Crippen LogP contribution in [-0.4, -0.2) is 46.5 Å². The number of aromatic nitrogens is 2. The zero-order valence-corrected chi connectivity index (χ0v) is 17.8. The van der Waals surface area contributed by atoms with Gasteiger partial charge in [-0.25, -0.2) is 13.8 Å². The Morgan fingerprint density at radius 3 is 2.55 bits per heavy atom. The molecule has 0 unspecified atom stereocenters. The number of methoxy groups -OCH3 is 1. The number of nitrogens with zero attached hydrogens (tertiary/aromatic N) is 3. The van der Waals surface area contributed by atoms with E-state index in [1.165, 1.54) is 18.1 Å². The molecule has 0 aliphatic carbocycles. The lowest BCUT2D eigenvalue weighted by molar-refractivity contribution is 0.203. The number of nitrogens with one attached hydrogen (secondary N) is 1. The minimum absolute atomic E-state index is 0.0588. The lowest BCUT2D eigenvalue weighted by atomic mass is 10.0. The van der Waals surface area contributed by atoms with Gasteiger partial charge in [-0.3, -0.25) is 4.90 Å². The zero-order valence-electron chi connectivity index (χ0n) is 17.8. The molecule has 0 spiro atoms. The van der Waals surface area contributed by atoms with E-state index in [9.17, 15) is 19.0 Å². The van der Waals surface area contributed by atoms with Crippen molar-refractivity contribution in [1.29, 1.82) is 0 Å². The number of allylic oxidation sites excluding steroid dienone is 1. The van der Waals surface area contributed by atoms with E-state index in [0.717, 1.165) is 12.1 Å². The molecule has 0 radical (unpaired) electrons. The van der Waals surface area contributed by atoms with E-state index >= 15 is 0 Å². The standard InChI is InChI=1S/C24H22F2N4O3/c1-14-7-9-18-22(17-5-3-4-6-21(17)33-2)28-24(27-16(12-31)13-32)29-23(18)30(14)20-10-8-15(25)11-19(20)26/h3-11,16,31-32H,1,12-13H2,2H3,(H,27,28,29). The maximum Gasteiger partial charge on any atom is 0.225 e. The second-order valence-corrected chi connectivity index (χ2v) is 7.30. The molecule has 1 aromatic heterocycles. The Bertz CT molecular complexity index is 1230. The minimum atomic E-state index is -0.784. The topological polar surface area (TPSA) is 90.7 Å². The molecule has 1 aliphatic heterocycles. The van der Waals surface area contributed by atoms with Gasteiger partial charge in [0, 0.05) is 22.9 Å². The maximum atomic E-state index is 14.8. The molecule has 7 nitrogen and oxygen atoms in total. The van der Waals surface area contributed by atoms with E-state index in [2.05, 4.69) is 21.9 Å². The molecule has 33 heavy (non-hydrogen) atoms. The normalized spacial score (nSPS) is 12.8. The van der Waals surface area contributed by atoms with E-state index in [-0.39, 0.29) is 24.8 Å². The molecule has 9 heteroatoms. The number of hydrogen-bond acceptors (Lipinski definition) is 7. The number of anilines is 3. The monoisotopic (exact) mass is 452 g/mol. The first-order valence-electron chi connectivity index (χ1n) is 10.1. The van der Waals surface area contributed by atoms with Gasteiger partial charge in [-0.1, -0.05) is 18.7 Å². The highest BCUT2D eigenvalue weighted by Gasteiger charge is 2.28. The third kappa shape index (κ3) is 4.28. The molecule has 170 valence electrons. The van der Waals surface area contributed by atoms with Crippen molar-refractivity contribution >= 4 is 23.5 Å². The number of hydrogen-bond donors (Lipinski definition) is 3. The summed E-state index contributed by atoms with van der Waals surface area (Å²) in [6.07, 6.45) is 3.45. The van der Waals surface area contributed by atoms with Gasteiger partial charge >= 0.3 is 0 Å². The molecular formula is C24H22F2N4O3. The minimum Gasteiger partial charge on any atom is -0.496 e. The zero-order chi connectivity index (χ0) is 23.5. The molecule has 1 aliphatic rings. The van der Waals surface area contributed by atoms with E-state index in [1.54, 1.807) is 18.2 Å². The summed E-state index contributed by atoms with van der Waals surface area (Å²) in [5, 5.41) is 21.9. The van der Waals surface area contributed by atoms with Crippen LogP contribution in [0.2, 0.25) is 0 Å². The van der Waals surface area contributed by atoms with Crippen molar-refractivity contribution in [2.45, 2.75) is 6.04 Å². The Labute approximate surface area is 189 Å². The first kappa shape index (κ1) is 22.4. The van der Waals surface area contributed by atoms with Crippen molar-refractivity contribution in [1.82, 2.24) is 9.97 Å². The molecule has 3 N–H and O–H groups in total. The van der Waals surface area contributed by atoms with Crippen molar-refractivity contribution in [3.8, 4) is 17.0 Å². The number of aliphatic hydroxyl groups is 2. The largest absolute Gasteiger partial charge is 0.496 e. The van der Waals surface area contributed by atoms with Crippen molar-refractivity contribution in [3.05, 3.63) is 78.0 Å². The summed E-state index contributed by atoms with van der Waals surface area (Å²) in [5.41, 5.74) is 2.16. The fourth-order valence-electron chi connectivity index (χ4n) is 3.54. The lowest BCUT2D eigenvalue weighted by Gasteiger charge is -2.30. The first-order chi connectivity index (χ1) is 16.0. The highest BCUT2D eigenvalue weighted by molar-refractivity contribution is 5.89. The van der Waals surface area contributed by atoms with Crippen LogP contribution in [0.25, 0.3) is 17.3 Å². The lowest BCUT2D eigenvalue weighted by Crippen LogP contribution is -2.29. The Hall–Kier alpha value is -3.82. The van der Waals surface area contributed by atoms with Crippen molar-refractivity contribution in [2.75, 3.05) is 30.5 Å². The van der Waals surface area contributed by atoms with Crippen LogP contribution in [0.4, 0.5) is 26.2 Å². The van der Waals surface area contributed by atoms with Crippen LogP contribution in [0, 0.1) is 11.6 Å². The summed E-state index contributed by atoms with van der Waals surface area (Å²) in [6, 6.07) is 9.78. The Kier molecular flexibility index (Phi) is 6.34. The summed E-state index contributed by atoms with van der Waals surface area (Å²) < 4.78 is 33.8. The second-order valence-electron chi connectivity index (χ2n) is 7.30. The average Bonchev–Trinajstić information content (AvgIpc) is 2.82. The van der Waals surface area contributed by atoms with E-state index < -0.39 is 17.7 Å². The van der Waals surface area contributed by atoms with Crippen molar-refractivity contribution < 1.29 is 23.7 Å². The predicted octanol–water partition coefficient (Wildman–Crippen LogP) is 3.87. The van der Waals surface area contributed by atoms with Crippen LogP contribution in [0.5, 0.6) is 5.75 Å². The van der Waals surface area contributed by atoms with Crippen molar-refractivity contribution in [3.63, 3.8) is 0 Å². The SMILES string of the molecule is C=C1C=Cc2c(-c3ccccc3OC)nc(NC(CO)CO)nc2N1c1ccc(F)cc1F. The van der Waals surface area contributed by atoms with Crippen LogP contribution in [0.15, 0.2) is 60.8 Å². The number of para-hydroxylation sites is 1. The highest BCUT2D eigenvalue weighted by atomic mass is 19.1. The molecule has 0 saturated heterocycles. The molecule has 2 aromatic carbocycles. The van der Waals surface area contributed by atoms with Crippen molar-refractivity contribution in [2.24, 2.45) is 0 Å². The maximum absolute atomic E-state index is 14.8. The van der Waals surface area contributed by atoms with Gasteiger partial charge in [0.15, 0.2) is 5.82 Å². The van der Waals surface area contributed by atoms with Crippen LogP contribution >= 0.6 is 0 Å². The quantitative estimate of drug-likeness (QED) is 0.501. The van der Waals surface area contributed by atoms with Gasteiger partial charge in [0.2, 0.25) is 5.95 Å². The molecule has 0 atom stereocenters. The van der Waals surface area contributed by atoms with Gasteiger partial charge in [-0.15, -0.1) is 0 Å². The van der Waals surface area contributed by atoms with Gasteiger partial charge in [-0.2, -0.15) is 4.98 Å². The number of rotatable bonds is 7. The molecule has 2 heterocycles. The summed E-state index contributed by atoms with van der Waals surface area (Å²) in [6.45, 7) is 3.27. The fourth-order valence-corrected chi connectivity index (χ4v) is 3.54. The number of aliphatic hydroxyl groups excluding tert-OH is 2. The van der Waals surface area contributed by atoms with E-state index in [0.29, 0.717) is 34.1 Å². The highest BCUT2D eigenvalue weighted by Crippen LogP contribution is 2.42. The third-order valence-corrected chi connectivity index (χ3v) is 5.15. The second kappa shape index (κ2) is 9.35. The number of benzene rings is 2. The summed E-state index contributed by atoms with van der Waals surface area (Å²) in [7, 11) is 1.54. The average molecular weight is 452 g/mol. The molecule has 0 fully saturated rings. The summed E-state index contributed by atoms with van der Waals surface area (Å²) >= 11 is 0. The Morgan fingerprint density at radius 2 is 1.85 bits per heavy atom. The molecule has 0 saturated carbocycles. The molecular weight excluding hydrogens is 430 g/mol. The molecule has 3 aromatic rings. The molecule has 0 amide bonds. The van der Waals surface area contributed by atoms with Crippen LogP contribution in [0.3, 0.4) is 0 Å². The van der Waals surface area contributed by atoms with Gasteiger partial charge in [0.1, 0.15) is 17.4 Å². The van der Waals surface area contributed by atoms with E-state index in [4.69, 9.17) is 4.74 Å². The Morgan fingerprint density at radius 1 is 1.09 bits per heavy atom. The van der Waals surface area contributed by atoms with Crippen LogP contribution in [-0.2, 0) is 0 Å². The Balaban J connectivity index is 1.97. The third-order valence-electron chi connectivity index (χ3n) is 5.15. The van der Waals surface area contributed by atoms with Gasteiger partial charge in [0.25, 0.3) is 0 Å². The number of halogens is 2. The first-order valence-corrected chi connectivity index (χ1v) is 10.1. The summed E-state index contributed by atoms with van der Waals surface area (Å²) in [5.74, 6) is -0.543. The number of fused-ring (bicyclic) bond motifs is 1. The van der Waals surface area contributed by atoms with Crippen LogP contribution in [0.1, 0.15) is 5.56 Å². The molecule has 0 bridgehead atoms. The van der Waals surface area contributed by atoms with E-state index in [1.807, 2.05) is 18.2 Å². The van der Waals surface area contributed by atoms with Gasteiger partial charge in [0.05, 0.1) is 37.7 Å². The number of ether oxygens (including phenoxy) is 1.